The Morgan fingerprint density at radius 3 is 2.62 bits per heavy atom. The number of nitro groups is 1. The highest BCUT2D eigenvalue weighted by Gasteiger charge is 2.17. The zero-order valence-corrected chi connectivity index (χ0v) is 12.8. The smallest absolute Gasteiger partial charge is 0.287 e. The van der Waals surface area contributed by atoms with Gasteiger partial charge in [0, 0.05) is 11.6 Å². The second kappa shape index (κ2) is 6.11. The number of ether oxygens (including phenoxy) is 1. The van der Waals surface area contributed by atoms with E-state index in [0.29, 0.717) is 11.3 Å². The third-order valence-electron chi connectivity index (χ3n) is 2.60. The van der Waals surface area contributed by atoms with Crippen LogP contribution in [0.1, 0.15) is 5.56 Å². The van der Waals surface area contributed by atoms with Crippen molar-refractivity contribution in [2.45, 2.75) is 0 Å². The number of nitrogens with one attached hydrogen (secondary N) is 1. The second-order valence-electron chi connectivity index (χ2n) is 4.01. The first kappa shape index (κ1) is 15.3. The van der Waals surface area contributed by atoms with Crippen LogP contribution in [0.15, 0.2) is 40.9 Å². The molecule has 8 heteroatoms. The van der Waals surface area contributed by atoms with Gasteiger partial charge in [0.25, 0.3) is 5.69 Å². The molecule has 21 heavy (non-hydrogen) atoms. The van der Waals surface area contributed by atoms with Crippen molar-refractivity contribution in [3.8, 4) is 11.5 Å². The summed E-state index contributed by atoms with van der Waals surface area (Å²) in [6, 6.07) is 9.06. The van der Waals surface area contributed by atoms with Crippen LogP contribution in [0.25, 0.3) is 0 Å². The molecule has 108 valence electrons. The maximum atomic E-state index is 10.9. The topological polar surface area (TPSA) is 102 Å². The highest BCUT2D eigenvalue weighted by Crippen LogP contribution is 2.38. The van der Waals surface area contributed by atoms with Gasteiger partial charge in [-0.05, 0) is 40.2 Å². The van der Waals surface area contributed by atoms with E-state index in [1.165, 1.54) is 18.2 Å². The van der Waals surface area contributed by atoms with Gasteiger partial charge < -0.3 is 10.5 Å². The van der Waals surface area contributed by atoms with Crippen molar-refractivity contribution in [3.63, 3.8) is 0 Å². The van der Waals surface area contributed by atoms with Crippen LogP contribution in [-0.4, -0.2) is 10.8 Å². The molecule has 2 aromatic carbocycles. The number of rotatable bonds is 4. The number of amidine groups is 1. The van der Waals surface area contributed by atoms with Crippen LogP contribution in [-0.2, 0) is 0 Å². The summed E-state index contributed by atoms with van der Waals surface area (Å²) in [5.41, 5.74) is 5.72. The molecule has 0 bridgehead atoms. The molecule has 0 unspecified atom stereocenters. The molecule has 0 spiro atoms. The zero-order chi connectivity index (χ0) is 15.6. The molecule has 2 aromatic rings. The highest BCUT2D eigenvalue weighted by atomic mass is 79.9. The third kappa shape index (κ3) is 3.32. The Balaban J connectivity index is 2.37. The van der Waals surface area contributed by atoms with Crippen molar-refractivity contribution in [1.82, 2.24) is 0 Å². The fraction of sp³-hybridized carbons (Fsp3) is 0. The van der Waals surface area contributed by atoms with Gasteiger partial charge in [0.05, 0.1) is 9.95 Å². The van der Waals surface area contributed by atoms with Gasteiger partial charge in [-0.15, -0.1) is 0 Å². The van der Waals surface area contributed by atoms with E-state index in [4.69, 9.17) is 27.5 Å². The van der Waals surface area contributed by atoms with E-state index in [1.54, 1.807) is 18.2 Å². The quantitative estimate of drug-likeness (QED) is 0.366. The Morgan fingerprint density at radius 1 is 1.33 bits per heavy atom. The molecule has 6 nitrogen and oxygen atoms in total. The lowest BCUT2D eigenvalue weighted by Crippen LogP contribution is -2.10. The molecular formula is C13H9BrClN3O3. The standard InChI is InChI=1S/C13H9BrClN3O3/c14-12-9(18(19)20)2-1-3-11(12)21-10-5-4-7(13(16)17)6-8(10)15/h1-6H,(H3,16,17). The van der Waals surface area contributed by atoms with Crippen LogP contribution in [0.3, 0.4) is 0 Å². The summed E-state index contributed by atoms with van der Waals surface area (Å²) < 4.78 is 5.79. The normalized spacial score (nSPS) is 10.2. The van der Waals surface area contributed by atoms with Crippen molar-refractivity contribution in [2.75, 3.05) is 0 Å². The van der Waals surface area contributed by atoms with Gasteiger partial charge in [-0.3, -0.25) is 15.5 Å². The molecule has 0 radical (unpaired) electrons. The maximum absolute atomic E-state index is 10.9. The van der Waals surface area contributed by atoms with Crippen LogP contribution >= 0.6 is 27.5 Å². The number of hydrogen-bond donors (Lipinski definition) is 2. The first-order valence-electron chi connectivity index (χ1n) is 5.65. The monoisotopic (exact) mass is 369 g/mol. The molecule has 0 atom stereocenters. The van der Waals surface area contributed by atoms with E-state index < -0.39 is 4.92 Å². The molecule has 0 aromatic heterocycles. The lowest BCUT2D eigenvalue weighted by Gasteiger charge is -2.10. The van der Waals surface area contributed by atoms with Gasteiger partial charge in [-0.25, -0.2) is 0 Å². The van der Waals surface area contributed by atoms with Gasteiger partial charge in [-0.2, -0.15) is 0 Å². The van der Waals surface area contributed by atoms with Crippen LogP contribution in [0, 0.1) is 15.5 Å². The number of nitro benzene ring substituents is 1. The van der Waals surface area contributed by atoms with E-state index in [2.05, 4.69) is 15.9 Å². The molecule has 3 N–H and O–H groups in total. The molecule has 0 aliphatic heterocycles. The summed E-state index contributed by atoms with van der Waals surface area (Å²) in [7, 11) is 0. The van der Waals surface area contributed by atoms with E-state index in [0.717, 1.165) is 0 Å². The van der Waals surface area contributed by atoms with E-state index in [1.807, 2.05) is 0 Å². The summed E-state index contributed by atoms with van der Waals surface area (Å²) in [6.45, 7) is 0. The van der Waals surface area contributed by atoms with E-state index in [-0.39, 0.29) is 26.8 Å². The van der Waals surface area contributed by atoms with Crippen molar-refractivity contribution in [2.24, 2.45) is 5.73 Å². The average molecular weight is 371 g/mol. The minimum Gasteiger partial charge on any atom is -0.454 e. The van der Waals surface area contributed by atoms with Crippen molar-refractivity contribution in [3.05, 3.63) is 61.6 Å². The number of nitrogens with two attached hydrogens (primary N) is 1. The molecule has 0 aliphatic rings. The van der Waals surface area contributed by atoms with Gasteiger partial charge in [-0.1, -0.05) is 17.7 Å². The number of halogens is 2. The third-order valence-corrected chi connectivity index (χ3v) is 3.69. The molecular weight excluding hydrogens is 362 g/mol. The Labute approximate surface area is 133 Å². The summed E-state index contributed by atoms with van der Waals surface area (Å²) in [4.78, 5) is 10.4. The van der Waals surface area contributed by atoms with Crippen molar-refractivity contribution >= 4 is 39.1 Å². The Hall–Kier alpha value is -2.12. The maximum Gasteiger partial charge on any atom is 0.287 e. The predicted molar refractivity (Wildman–Crippen MR) is 83.3 cm³/mol. The van der Waals surface area contributed by atoms with Gasteiger partial charge in [0.15, 0.2) is 0 Å². The Bertz CT molecular complexity index is 737. The molecule has 2 rings (SSSR count). The average Bonchev–Trinajstić information content (AvgIpc) is 2.42. The van der Waals surface area contributed by atoms with Gasteiger partial charge in [0.2, 0.25) is 0 Å². The Morgan fingerprint density at radius 2 is 2.05 bits per heavy atom. The fourth-order valence-corrected chi connectivity index (χ4v) is 2.30. The summed E-state index contributed by atoms with van der Waals surface area (Å²) >= 11 is 9.19. The van der Waals surface area contributed by atoms with Crippen molar-refractivity contribution < 1.29 is 9.66 Å². The fourth-order valence-electron chi connectivity index (χ4n) is 1.59. The Kier molecular flexibility index (Phi) is 4.44. The molecule has 0 amide bonds. The molecule has 0 fully saturated rings. The summed E-state index contributed by atoms with van der Waals surface area (Å²) in [5, 5.41) is 18.4. The van der Waals surface area contributed by atoms with Crippen LogP contribution in [0.2, 0.25) is 5.02 Å². The van der Waals surface area contributed by atoms with Crippen LogP contribution in [0.5, 0.6) is 11.5 Å². The summed E-state index contributed by atoms with van der Waals surface area (Å²) in [6.07, 6.45) is 0. The number of nitrogens with zero attached hydrogens (tertiary/aromatic N) is 1. The van der Waals surface area contributed by atoms with Crippen LogP contribution in [0.4, 0.5) is 5.69 Å². The predicted octanol–water partition coefficient (Wildman–Crippen LogP) is 4.09. The van der Waals surface area contributed by atoms with Crippen molar-refractivity contribution in [1.29, 1.82) is 5.41 Å². The lowest BCUT2D eigenvalue weighted by molar-refractivity contribution is -0.385. The minimum absolute atomic E-state index is 0.107. The molecule has 0 aliphatic carbocycles. The SMILES string of the molecule is N=C(N)c1ccc(Oc2cccc([N+](=O)[O-])c2Br)c(Cl)c1. The molecule has 0 saturated carbocycles. The zero-order valence-electron chi connectivity index (χ0n) is 10.5. The summed E-state index contributed by atoms with van der Waals surface area (Å²) in [5.74, 6) is 0.463. The molecule has 0 saturated heterocycles. The minimum atomic E-state index is -0.516. The van der Waals surface area contributed by atoms with Gasteiger partial charge >= 0.3 is 0 Å². The second-order valence-corrected chi connectivity index (χ2v) is 5.21. The van der Waals surface area contributed by atoms with Gasteiger partial charge in [0.1, 0.15) is 21.8 Å². The first-order valence-corrected chi connectivity index (χ1v) is 6.82. The van der Waals surface area contributed by atoms with E-state index in [9.17, 15) is 10.1 Å². The lowest BCUT2D eigenvalue weighted by atomic mass is 10.2. The molecule has 0 heterocycles. The first-order chi connectivity index (χ1) is 9.90. The van der Waals surface area contributed by atoms with E-state index >= 15 is 0 Å². The number of benzene rings is 2. The van der Waals surface area contributed by atoms with Crippen LogP contribution < -0.4 is 10.5 Å². The number of nitrogen functional groups attached to an aromatic ring is 1. The largest absolute Gasteiger partial charge is 0.454 e. The highest BCUT2D eigenvalue weighted by molar-refractivity contribution is 9.10. The number of hydrogen-bond acceptors (Lipinski definition) is 4.